The number of nitrogens with one attached hydrogen (secondary N) is 1. The van der Waals surface area contributed by atoms with E-state index in [1.165, 1.54) is 4.68 Å². The van der Waals surface area contributed by atoms with Crippen LogP contribution >= 0.6 is 15.9 Å². The minimum atomic E-state index is -0.0700. The number of aromatic nitrogens is 2. The maximum absolute atomic E-state index is 12.1. The highest BCUT2D eigenvalue weighted by molar-refractivity contribution is 9.10. The van der Waals surface area contributed by atoms with E-state index in [0.29, 0.717) is 23.1 Å². The van der Waals surface area contributed by atoms with Gasteiger partial charge in [0.2, 0.25) is 0 Å². The third-order valence-corrected chi connectivity index (χ3v) is 4.32. The number of aryl methyl sites for hydroxylation is 1. The summed E-state index contributed by atoms with van der Waals surface area (Å²) in [6.45, 7) is 2.68. The van der Waals surface area contributed by atoms with Crippen molar-refractivity contribution in [2.24, 2.45) is 5.73 Å². The van der Waals surface area contributed by atoms with Crippen LogP contribution in [0.15, 0.2) is 15.5 Å². The largest absolute Gasteiger partial charge is 0.380 e. The predicted molar refractivity (Wildman–Crippen MR) is 80.3 cm³/mol. The molecule has 1 aliphatic rings. The van der Waals surface area contributed by atoms with Crippen LogP contribution in [0.2, 0.25) is 0 Å². The molecule has 0 radical (unpaired) electrons. The van der Waals surface area contributed by atoms with Crippen LogP contribution in [-0.4, -0.2) is 21.9 Å². The summed E-state index contributed by atoms with van der Waals surface area (Å²) in [4.78, 5) is 12.1. The normalized spacial score (nSPS) is 23.3. The summed E-state index contributed by atoms with van der Waals surface area (Å²) < 4.78 is 2.07. The number of rotatable bonds is 4. The highest BCUT2D eigenvalue weighted by Gasteiger charge is 2.19. The zero-order chi connectivity index (χ0) is 13.8. The van der Waals surface area contributed by atoms with Gasteiger partial charge in [-0.2, -0.15) is 5.10 Å². The second-order valence-corrected chi connectivity index (χ2v) is 5.95. The van der Waals surface area contributed by atoms with Crippen LogP contribution in [-0.2, 0) is 6.54 Å². The minimum absolute atomic E-state index is 0.0700. The van der Waals surface area contributed by atoms with Crippen LogP contribution in [0.5, 0.6) is 0 Å². The molecule has 1 saturated carbocycles. The van der Waals surface area contributed by atoms with Crippen LogP contribution in [0, 0.1) is 0 Å². The lowest BCUT2D eigenvalue weighted by Gasteiger charge is -2.27. The van der Waals surface area contributed by atoms with E-state index in [4.69, 9.17) is 5.73 Å². The maximum Gasteiger partial charge on any atom is 0.283 e. The Morgan fingerprint density at radius 1 is 1.47 bits per heavy atom. The predicted octanol–water partition coefficient (Wildman–Crippen LogP) is 2.10. The minimum Gasteiger partial charge on any atom is -0.380 e. The maximum atomic E-state index is 12.1. The van der Waals surface area contributed by atoms with Crippen molar-refractivity contribution < 1.29 is 0 Å². The highest BCUT2D eigenvalue weighted by atomic mass is 79.9. The third-order valence-electron chi connectivity index (χ3n) is 3.55. The van der Waals surface area contributed by atoms with Crippen molar-refractivity contribution in [3.63, 3.8) is 0 Å². The van der Waals surface area contributed by atoms with E-state index >= 15 is 0 Å². The van der Waals surface area contributed by atoms with Crippen molar-refractivity contribution in [1.82, 2.24) is 9.78 Å². The molecule has 0 saturated heterocycles. The Kier molecular flexibility index (Phi) is 4.99. The van der Waals surface area contributed by atoms with Gasteiger partial charge < -0.3 is 11.1 Å². The summed E-state index contributed by atoms with van der Waals surface area (Å²) in [5.74, 6) is 0. The SMILES string of the molecule is CCCn1ncc(NC2CCC(N)CC2)c(Br)c1=O. The van der Waals surface area contributed by atoms with Gasteiger partial charge in [0.1, 0.15) is 4.47 Å². The van der Waals surface area contributed by atoms with Gasteiger partial charge in [-0.1, -0.05) is 6.92 Å². The summed E-state index contributed by atoms with van der Waals surface area (Å²) in [6, 6.07) is 0.719. The molecular formula is C13H21BrN4O. The lowest BCUT2D eigenvalue weighted by molar-refractivity contribution is 0.410. The average Bonchev–Trinajstić information content (AvgIpc) is 2.41. The average molecular weight is 329 g/mol. The zero-order valence-corrected chi connectivity index (χ0v) is 12.8. The van der Waals surface area contributed by atoms with Gasteiger partial charge >= 0.3 is 0 Å². The molecule has 3 N–H and O–H groups in total. The van der Waals surface area contributed by atoms with E-state index in [1.54, 1.807) is 6.20 Å². The molecule has 0 aliphatic heterocycles. The van der Waals surface area contributed by atoms with Crippen molar-refractivity contribution in [3.05, 3.63) is 21.0 Å². The van der Waals surface area contributed by atoms with E-state index in [2.05, 4.69) is 26.3 Å². The number of nitrogens with two attached hydrogens (primary N) is 1. The van der Waals surface area contributed by atoms with Gasteiger partial charge in [-0.25, -0.2) is 4.68 Å². The number of anilines is 1. The fraction of sp³-hybridized carbons (Fsp3) is 0.692. The lowest BCUT2D eigenvalue weighted by Crippen LogP contribution is -2.33. The van der Waals surface area contributed by atoms with Crippen LogP contribution in [0.4, 0.5) is 5.69 Å². The van der Waals surface area contributed by atoms with E-state index in [0.717, 1.165) is 37.8 Å². The topological polar surface area (TPSA) is 72.9 Å². The standard InChI is InChI=1S/C13H21BrN4O/c1-2-7-18-13(19)12(14)11(8-16-18)17-10-5-3-9(15)4-6-10/h8-10,17H,2-7,15H2,1H3. The van der Waals surface area contributed by atoms with Gasteiger partial charge in [0.25, 0.3) is 5.56 Å². The Bertz CT molecular complexity index is 480. The molecular weight excluding hydrogens is 308 g/mol. The highest BCUT2D eigenvalue weighted by Crippen LogP contribution is 2.23. The summed E-state index contributed by atoms with van der Waals surface area (Å²) >= 11 is 3.38. The summed E-state index contributed by atoms with van der Waals surface area (Å²) in [7, 11) is 0. The molecule has 0 atom stereocenters. The first kappa shape index (κ1) is 14.5. The molecule has 1 heterocycles. The van der Waals surface area contributed by atoms with Gasteiger partial charge in [0.05, 0.1) is 11.9 Å². The summed E-state index contributed by atoms with van der Waals surface area (Å²) in [6.07, 6.45) is 6.80. The molecule has 19 heavy (non-hydrogen) atoms. The smallest absolute Gasteiger partial charge is 0.283 e. The third kappa shape index (κ3) is 3.57. The van der Waals surface area contributed by atoms with Gasteiger partial charge in [-0.15, -0.1) is 0 Å². The van der Waals surface area contributed by atoms with Crippen LogP contribution in [0.1, 0.15) is 39.0 Å². The fourth-order valence-electron chi connectivity index (χ4n) is 2.42. The first-order chi connectivity index (χ1) is 9.11. The zero-order valence-electron chi connectivity index (χ0n) is 11.2. The lowest BCUT2D eigenvalue weighted by atomic mass is 9.92. The molecule has 0 bridgehead atoms. The molecule has 0 spiro atoms. The van der Waals surface area contributed by atoms with E-state index in [9.17, 15) is 4.79 Å². The molecule has 1 aromatic heterocycles. The Labute approximate surface area is 121 Å². The molecule has 1 fully saturated rings. The molecule has 0 unspecified atom stereocenters. The Balaban J connectivity index is 2.09. The molecule has 106 valence electrons. The van der Waals surface area contributed by atoms with Gasteiger partial charge in [-0.3, -0.25) is 4.79 Å². The molecule has 1 aromatic rings. The van der Waals surface area contributed by atoms with Crippen molar-refractivity contribution in [2.75, 3.05) is 5.32 Å². The second kappa shape index (κ2) is 6.52. The molecule has 5 nitrogen and oxygen atoms in total. The van der Waals surface area contributed by atoms with Crippen molar-refractivity contribution in [3.8, 4) is 0 Å². The second-order valence-electron chi connectivity index (χ2n) is 5.16. The van der Waals surface area contributed by atoms with E-state index < -0.39 is 0 Å². The van der Waals surface area contributed by atoms with Crippen LogP contribution in [0.3, 0.4) is 0 Å². The number of halogens is 1. The summed E-state index contributed by atoms with van der Waals surface area (Å²) in [5, 5.41) is 7.60. The first-order valence-corrected chi connectivity index (χ1v) is 7.68. The van der Waals surface area contributed by atoms with Crippen molar-refractivity contribution in [2.45, 2.75) is 57.7 Å². The first-order valence-electron chi connectivity index (χ1n) is 6.89. The number of hydrogen-bond acceptors (Lipinski definition) is 4. The van der Waals surface area contributed by atoms with Crippen LogP contribution < -0.4 is 16.6 Å². The van der Waals surface area contributed by atoms with E-state index in [-0.39, 0.29) is 5.56 Å². The van der Waals surface area contributed by atoms with Gasteiger partial charge in [0.15, 0.2) is 0 Å². The van der Waals surface area contributed by atoms with Crippen molar-refractivity contribution in [1.29, 1.82) is 0 Å². The molecule has 2 rings (SSSR count). The summed E-state index contributed by atoms with van der Waals surface area (Å²) in [5.41, 5.74) is 6.61. The monoisotopic (exact) mass is 328 g/mol. The molecule has 0 aromatic carbocycles. The van der Waals surface area contributed by atoms with Crippen LogP contribution in [0.25, 0.3) is 0 Å². The van der Waals surface area contributed by atoms with Crippen molar-refractivity contribution >= 4 is 21.6 Å². The number of hydrogen-bond donors (Lipinski definition) is 2. The van der Waals surface area contributed by atoms with E-state index in [1.807, 2.05) is 6.92 Å². The Morgan fingerprint density at radius 3 is 2.79 bits per heavy atom. The number of nitrogens with zero attached hydrogens (tertiary/aromatic N) is 2. The molecule has 1 aliphatic carbocycles. The Morgan fingerprint density at radius 2 is 2.16 bits per heavy atom. The Hall–Kier alpha value is -0.880. The van der Waals surface area contributed by atoms with Gasteiger partial charge in [-0.05, 0) is 48.0 Å². The van der Waals surface area contributed by atoms with Gasteiger partial charge in [0, 0.05) is 18.6 Å². The fourth-order valence-corrected chi connectivity index (χ4v) is 2.84. The molecule has 6 heteroatoms. The quantitative estimate of drug-likeness (QED) is 0.887. The molecule has 0 amide bonds.